The van der Waals surface area contributed by atoms with Crippen LogP contribution < -0.4 is 5.32 Å². The highest BCUT2D eigenvalue weighted by Gasteiger charge is 2.24. The van der Waals surface area contributed by atoms with Crippen LogP contribution in [-0.4, -0.2) is 36.5 Å². The molecule has 0 unspecified atom stereocenters. The maximum absolute atomic E-state index is 12.2. The van der Waals surface area contributed by atoms with Gasteiger partial charge >= 0.3 is 0 Å². The Morgan fingerprint density at radius 2 is 2.44 bits per heavy atom. The number of hydrogen-bond acceptors (Lipinski definition) is 3. The molecule has 2 rings (SSSR count). The number of nitrogens with one attached hydrogen (secondary N) is 1. The van der Waals surface area contributed by atoms with Crippen LogP contribution in [0.3, 0.4) is 0 Å². The Morgan fingerprint density at radius 1 is 1.69 bits per heavy atom. The van der Waals surface area contributed by atoms with Crippen molar-refractivity contribution in [2.45, 2.75) is 19.9 Å². The van der Waals surface area contributed by atoms with Crippen molar-refractivity contribution >= 4 is 28.8 Å². The lowest BCUT2D eigenvalue weighted by molar-refractivity contribution is 0.0714. The summed E-state index contributed by atoms with van der Waals surface area (Å²) in [5, 5.41) is 5.86. The van der Waals surface area contributed by atoms with E-state index in [1.54, 1.807) is 0 Å². The van der Waals surface area contributed by atoms with Gasteiger partial charge in [-0.15, -0.1) is 11.3 Å². The highest BCUT2D eigenvalue weighted by Crippen LogP contribution is 2.28. The topological polar surface area (TPSA) is 32.3 Å². The lowest BCUT2D eigenvalue weighted by Crippen LogP contribution is -2.51. The molecule has 0 spiro atoms. The van der Waals surface area contributed by atoms with E-state index in [4.69, 9.17) is 11.6 Å². The number of aryl methyl sites for hydroxylation is 1. The van der Waals surface area contributed by atoms with Gasteiger partial charge in [-0.25, -0.2) is 0 Å². The minimum Gasteiger partial charge on any atom is -0.335 e. The largest absolute Gasteiger partial charge is 0.335 e. The SMILES string of the molecule is Cc1csc(C(=O)N2CCN[C@H](C)C2)c1Cl. The van der Waals surface area contributed by atoms with Gasteiger partial charge in [0.15, 0.2) is 0 Å². The standard InChI is InChI=1S/C11H15ClN2OS/c1-7-6-16-10(9(7)12)11(15)14-4-3-13-8(2)5-14/h6,8,13H,3-5H2,1-2H3/t8-/m1/s1. The van der Waals surface area contributed by atoms with E-state index in [2.05, 4.69) is 12.2 Å². The molecule has 5 heteroatoms. The highest BCUT2D eigenvalue weighted by molar-refractivity contribution is 7.13. The Hall–Kier alpha value is -0.580. The lowest BCUT2D eigenvalue weighted by Gasteiger charge is -2.31. The fraction of sp³-hybridized carbons (Fsp3) is 0.545. The zero-order valence-electron chi connectivity index (χ0n) is 9.42. The molecule has 0 saturated carbocycles. The molecule has 1 atom stereocenters. The number of piperazine rings is 1. The summed E-state index contributed by atoms with van der Waals surface area (Å²) in [5.41, 5.74) is 0.984. The van der Waals surface area contributed by atoms with Crippen molar-refractivity contribution in [3.05, 3.63) is 20.8 Å². The third kappa shape index (κ3) is 2.24. The first kappa shape index (κ1) is 11.9. The van der Waals surface area contributed by atoms with Crippen molar-refractivity contribution in [1.29, 1.82) is 0 Å². The third-order valence-corrected chi connectivity index (χ3v) is 4.43. The highest BCUT2D eigenvalue weighted by atomic mass is 35.5. The Balaban J connectivity index is 2.15. The Morgan fingerprint density at radius 3 is 3.00 bits per heavy atom. The molecule has 2 heterocycles. The van der Waals surface area contributed by atoms with Crippen LogP contribution in [0.5, 0.6) is 0 Å². The zero-order chi connectivity index (χ0) is 11.7. The normalized spacial score (nSPS) is 21.2. The van der Waals surface area contributed by atoms with Gasteiger partial charge in [-0.1, -0.05) is 11.6 Å². The molecule has 88 valence electrons. The summed E-state index contributed by atoms with van der Waals surface area (Å²) in [6, 6.07) is 0.359. The molecular weight excluding hydrogens is 244 g/mol. The molecule has 1 aromatic heterocycles. The molecule has 1 aromatic rings. The third-order valence-electron chi connectivity index (χ3n) is 2.75. The van der Waals surface area contributed by atoms with Crippen LogP contribution in [0.4, 0.5) is 0 Å². The molecule has 0 aliphatic carbocycles. The van der Waals surface area contributed by atoms with Crippen molar-refractivity contribution < 1.29 is 4.79 Å². The van der Waals surface area contributed by atoms with Crippen LogP contribution >= 0.6 is 22.9 Å². The van der Waals surface area contributed by atoms with E-state index in [-0.39, 0.29) is 5.91 Å². The molecule has 0 radical (unpaired) electrons. The van der Waals surface area contributed by atoms with Gasteiger partial charge < -0.3 is 10.2 Å². The molecule has 16 heavy (non-hydrogen) atoms. The summed E-state index contributed by atoms with van der Waals surface area (Å²) in [4.78, 5) is 14.8. The van der Waals surface area contributed by atoms with Crippen LogP contribution in [0.25, 0.3) is 0 Å². The monoisotopic (exact) mass is 258 g/mol. The number of nitrogens with zero attached hydrogens (tertiary/aromatic N) is 1. The van der Waals surface area contributed by atoms with Gasteiger partial charge in [-0.3, -0.25) is 4.79 Å². The van der Waals surface area contributed by atoms with Crippen molar-refractivity contribution in [3.63, 3.8) is 0 Å². The summed E-state index contributed by atoms with van der Waals surface area (Å²) < 4.78 is 0. The van der Waals surface area contributed by atoms with E-state index in [0.29, 0.717) is 15.9 Å². The van der Waals surface area contributed by atoms with Crippen molar-refractivity contribution in [1.82, 2.24) is 10.2 Å². The second-order valence-electron chi connectivity index (χ2n) is 4.17. The second kappa shape index (κ2) is 4.73. The number of hydrogen-bond donors (Lipinski definition) is 1. The first-order valence-corrected chi connectivity index (χ1v) is 6.61. The van der Waals surface area contributed by atoms with Gasteiger partial charge in [-0.2, -0.15) is 0 Å². The molecule has 1 aliphatic rings. The maximum atomic E-state index is 12.2. The van der Waals surface area contributed by atoms with Crippen molar-refractivity contribution in [2.24, 2.45) is 0 Å². The van der Waals surface area contributed by atoms with E-state index in [1.807, 2.05) is 17.2 Å². The van der Waals surface area contributed by atoms with Crippen LogP contribution in [0.1, 0.15) is 22.2 Å². The fourth-order valence-corrected chi connectivity index (χ4v) is 3.08. The Kier molecular flexibility index (Phi) is 3.52. The molecule has 1 fully saturated rings. The molecule has 1 amide bonds. The lowest BCUT2D eigenvalue weighted by atomic mass is 10.2. The fourth-order valence-electron chi connectivity index (χ4n) is 1.83. The predicted octanol–water partition coefficient (Wildman–Crippen LogP) is 2.14. The van der Waals surface area contributed by atoms with Gasteiger partial charge in [0.1, 0.15) is 4.88 Å². The van der Waals surface area contributed by atoms with Crippen LogP contribution in [0.15, 0.2) is 5.38 Å². The van der Waals surface area contributed by atoms with Gasteiger partial charge in [0.2, 0.25) is 0 Å². The zero-order valence-corrected chi connectivity index (χ0v) is 11.0. The average Bonchev–Trinajstić information content (AvgIpc) is 2.59. The number of thiophene rings is 1. The van der Waals surface area contributed by atoms with E-state index in [1.165, 1.54) is 11.3 Å². The minimum absolute atomic E-state index is 0.0662. The first-order chi connectivity index (χ1) is 7.59. The first-order valence-electron chi connectivity index (χ1n) is 5.36. The second-order valence-corrected chi connectivity index (χ2v) is 5.43. The van der Waals surface area contributed by atoms with Crippen LogP contribution in [-0.2, 0) is 0 Å². The Labute approximate surface area is 104 Å². The number of amides is 1. The molecule has 1 N–H and O–H groups in total. The quantitative estimate of drug-likeness (QED) is 0.837. The van der Waals surface area contributed by atoms with Crippen LogP contribution in [0.2, 0.25) is 5.02 Å². The summed E-state index contributed by atoms with van der Waals surface area (Å²) in [6.45, 7) is 6.38. The van der Waals surface area contributed by atoms with Gasteiger partial charge in [0, 0.05) is 25.7 Å². The Bertz CT molecular complexity index is 405. The van der Waals surface area contributed by atoms with Crippen molar-refractivity contribution in [2.75, 3.05) is 19.6 Å². The summed E-state index contributed by atoms with van der Waals surface area (Å²) in [5.74, 6) is 0.0662. The van der Waals surface area contributed by atoms with Crippen LogP contribution in [0, 0.1) is 6.92 Å². The summed E-state index contributed by atoms with van der Waals surface area (Å²) >= 11 is 7.54. The van der Waals surface area contributed by atoms with Crippen molar-refractivity contribution in [3.8, 4) is 0 Å². The summed E-state index contributed by atoms with van der Waals surface area (Å²) in [6.07, 6.45) is 0. The molecule has 0 aromatic carbocycles. The molecule has 1 saturated heterocycles. The molecule has 0 bridgehead atoms. The van der Waals surface area contributed by atoms with Gasteiger partial charge in [-0.05, 0) is 24.8 Å². The number of carbonyl (C=O) groups is 1. The van der Waals surface area contributed by atoms with Gasteiger partial charge in [0.25, 0.3) is 5.91 Å². The molecular formula is C11H15ClN2OS. The average molecular weight is 259 g/mol. The van der Waals surface area contributed by atoms with E-state index < -0.39 is 0 Å². The van der Waals surface area contributed by atoms with E-state index in [9.17, 15) is 4.79 Å². The number of carbonyl (C=O) groups excluding carboxylic acids is 1. The molecule has 1 aliphatic heterocycles. The summed E-state index contributed by atoms with van der Waals surface area (Å²) in [7, 11) is 0. The van der Waals surface area contributed by atoms with E-state index in [0.717, 1.165) is 25.2 Å². The molecule has 3 nitrogen and oxygen atoms in total. The van der Waals surface area contributed by atoms with Gasteiger partial charge in [0.05, 0.1) is 5.02 Å². The maximum Gasteiger partial charge on any atom is 0.265 e. The number of halogens is 1. The van der Waals surface area contributed by atoms with E-state index >= 15 is 0 Å². The smallest absolute Gasteiger partial charge is 0.265 e. The predicted molar refractivity (Wildman–Crippen MR) is 67.4 cm³/mol. The minimum atomic E-state index is 0.0662. The number of rotatable bonds is 1.